The van der Waals surface area contributed by atoms with Gasteiger partial charge in [0.15, 0.2) is 0 Å². The van der Waals surface area contributed by atoms with Gasteiger partial charge in [0.05, 0.1) is 7.11 Å². The smallest absolute Gasteiger partial charge is 0.212 e. The van der Waals surface area contributed by atoms with Gasteiger partial charge in [-0.15, -0.1) is 0 Å². The number of aliphatic hydroxyl groups excluding tert-OH is 1. The minimum absolute atomic E-state index is 0.257. The molecule has 0 aliphatic carbocycles. The zero-order valence-corrected chi connectivity index (χ0v) is 9.94. The van der Waals surface area contributed by atoms with E-state index in [1.54, 1.807) is 7.11 Å². The molecule has 90 valence electrons. The van der Waals surface area contributed by atoms with E-state index in [-0.39, 0.29) is 6.61 Å². The number of rotatable bonds is 7. The van der Waals surface area contributed by atoms with Gasteiger partial charge in [-0.1, -0.05) is 13.0 Å². The summed E-state index contributed by atoms with van der Waals surface area (Å²) in [6.07, 6.45) is 2.65. The molecular weight excluding hydrogens is 204 g/mol. The van der Waals surface area contributed by atoms with E-state index in [0.29, 0.717) is 11.8 Å². The summed E-state index contributed by atoms with van der Waals surface area (Å²) in [5.74, 6) is 1.13. The third-order valence-corrected chi connectivity index (χ3v) is 2.45. The van der Waals surface area contributed by atoms with Crippen LogP contribution in [-0.4, -0.2) is 30.4 Å². The Hall–Kier alpha value is -1.13. The van der Waals surface area contributed by atoms with Gasteiger partial charge in [-0.2, -0.15) is 0 Å². The van der Waals surface area contributed by atoms with Crippen LogP contribution in [0.15, 0.2) is 18.3 Å². The van der Waals surface area contributed by atoms with Gasteiger partial charge in [0.2, 0.25) is 5.88 Å². The lowest BCUT2D eigenvalue weighted by Gasteiger charge is -2.10. The van der Waals surface area contributed by atoms with Crippen molar-refractivity contribution in [2.24, 2.45) is 5.92 Å². The molecule has 1 heterocycles. The van der Waals surface area contributed by atoms with Crippen LogP contribution in [0.25, 0.3) is 0 Å². The summed E-state index contributed by atoms with van der Waals surface area (Å²) >= 11 is 0. The molecule has 2 N–H and O–H groups in total. The van der Waals surface area contributed by atoms with Crippen LogP contribution < -0.4 is 10.1 Å². The molecule has 0 saturated heterocycles. The topological polar surface area (TPSA) is 54.4 Å². The molecule has 16 heavy (non-hydrogen) atoms. The van der Waals surface area contributed by atoms with Crippen LogP contribution in [-0.2, 0) is 6.54 Å². The molecule has 0 radical (unpaired) electrons. The number of pyridine rings is 1. The van der Waals surface area contributed by atoms with Crippen molar-refractivity contribution in [2.75, 3.05) is 20.3 Å². The molecule has 1 aromatic rings. The summed E-state index contributed by atoms with van der Waals surface area (Å²) in [7, 11) is 1.61. The Morgan fingerprint density at radius 2 is 2.31 bits per heavy atom. The van der Waals surface area contributed by atoms with Crippen LogP contribution in [0.1, 0.15) is 18.9 Å². The first-order valence-corrected chi connectivity index (χ1v) is 5.56. The fourth-order valence-electron chi connectivity index (χ4n) is 1.42. The zero-order valence-electron chi connectivity index (χ0n) is 9.94. The fourth-order valence-corrected chi connectivity index (χ4v) is 1.42. The molecule has 0 aliphatic rings. The highest BCUT2D eigenvalue weighted by molar-refractivity contribution is 5.17. The Morgan fingerprint density at radius 1 is 1.50 bits per heavy atom. The van der Waals surface area contributed by atoms with Crippen LogP contribution in [0.3, 0.4) is 0 Å². The van der Waals surface area contributed by atoms with Gasteiger partial charge in [-0.05, 0) is 24.4 Å². The Labute approximate surface area is 96.7 Å². The Bertz CT molecular complexity index is 288. The molecule has 0 bridgehead atoms. The van der Waals surface area contributed by atoms with Crippen molar-refractivity contribution in [3.8, 4) is 5.88 Å². The second-order valence-electron chi connectivity index (χ2n) is 3.96. The molecule has 1 atom stereocenters. The van der Waals surface area contributed by atoms with Crippen molar-refractivity contribution in [1.82, 2.24) is 10.3 Å². The van der Waals surface area contributed by atoms with Crippen molar-refractivity contribution < 1.29 is 9.84 Å². The maximum atomic E-state index is 8.76. The van der Waals surface area contributed by atoms with Crippen molar-refractivity contribution in [3.63, 3.8) is 0 Å². The molecule has 0 aromatic carbocycles. The van der Waals surface area contributed by atoms with Gasteiger partial charge in [0, 0.05) is 25.4 Å². The molecule has 1 rings (SSSR count). The minimum atomic E-state index is 0.257. The summed E-state index contributed by atoms with van der Waals surface area (Å²) < 4.78 is 4.98. The Balaban J connectivity index is 2.26. The average molecular weight is 224 g/mol. The van der Waals surface area contributed by atoms with Gasteiger partial charge in [0.25, 0.3) is 0 Å². The van der Waals surface area contributed by atoms with Gasteiger partial charge in [-0.3, -0.25) is 0 Å². The third kappa shape index (κ3) is 4.59. The van der Waals surface area contributed by atoms with Crippen LogP contribution in [0.4, 0.5) is 0 Å². The average Bonchev–Trinajstić information content (AvgIpc) is 2.30. The Kier molecular flexibility index (Phi) is 5.82. The van der Waals surface area contributed by atoms with E-state index in [1.165, 1.54) is 0 Å². The predicted octanol–water partition coefficient (Wildman–Crippen LogP) is 1.20. The number of aromatic nitrogens is 1. The second kappa shape index (κ2) is 7.19. The fraction of sp³-hybridized carbons (Fsp3) is 0.583. The molecule has 0 spiro atoms. The summed E-state index contributed by atoms with van der Waals surface area (Å²) in [4.78, 5) is 4.13. The van der Waals surface area contributed by atoms with E-state index in [4.69, 9.17) is 9.84 Å². The second-order valence-corrected chi connectivity index (χ2v) is 3.96. The third-order valence-electron chi connectivity index (χ3n) is 2.45. The number of nitrogens with zero attached hydrogens (tertiary/aromatic N) is 1. The highest BCUT2D eigenvalue weighted by Crippen LogP contribution is 2.06. The van der Waals surface area contributed by atoms with Crippen molar-refractivity contribution in [1.29, 1.82) is 0 Å². The molecular formula is C12H20N2O2. The van der Waals surface area contributed by atoms with Crippen molar-refractivity contribution in [3.05, 3.63) is 23.9 Å². The first kappa shape index (κ1) is 12.9. The lowest BCUT2D eigenvalue weighted by molar-refractivity contribution is 0.260. The largest absolute Gasteiger partial charge is 0.481 e. The van der Waals surface area contributed by atoms with Gasteiger partial charge >= 0.3 is 0 Å². The maximum Gasteiger partial charge on any atom is 0.212 e. The van der Waals surface area contributed by atoms with Gasteiger partial charge < -0.3 is 15.2 Å². The zero-order chi connectivity index (χ0) is 11.8. The normalized spacial score (nSPS) is 12.4. The van der Waals surface area contributed by atoms with Gasteiger partial charge in [-0.25, -0.2) is 4.98 Å². The number of hydrogen-bond acceptors (Lipinski definition) is 4. The lowest BCUT2D eigenvalue weighted by atomic mass is 10.1. The highest BCUT2D eigenvalue weighted by atomic mass is 16.5. The summed E-state index contributed by atoms with van der Waals surface area (Å²) in [6.45, 7) is 4.09. The number of aliphatic hydroxyl groups is 1. The molecule has 0 aliphatic heterocycles. The number of nitrogens with one attached hydrogen (secondary N) is 1. The molecule has 0 fully saturated rings. The number of hydrogen-bond donors (Lipinski definition) is 2. The molecule has 1 aromatic heterocycles. The van der Waals surface area contributed by atoms with Crippen LogP contribution >= 0.6 is 0 Å². The molecule has 0 saturated carbocycles. The van der Waals surface area contributed by atoms with E-state index >= 15 is 0 Å². The minimum Gasteiger partial charge on any atom is -0.481 e. The SMILES string of the molecule is COc1ccc(CNCC(C)CCO)cn1. The van der Waals surface area contributed by atoms with Crippen molar-refractivity contribution in [2.45, 2.75) is 19.9 Å². The molecule has 0 amide bonds. The maximum absolute atomic E-state index is 8.76. The summed E-state index contributed by atoms with van der Waals surface area (Å²) in [5, 5.41) is 12.1. The first-order chi connectivity index (χ1) is 7.76. The summed E-state index contributed by atoms with van der Waals surface area (Å²) in [5.41, 5.74) is 1.14. The lowest BCUT2D eigenvalue weighted by Crippen LogP contribution is -2.21. The number of methoxy groups -OCH3 is 1. The van der Waals surface area contributed by atoms with E-state index in [2.05, 4.69) is 17.2 Å². The van der Waals surface area contributed by atoms with Crippen LogP contribution in [0.5, 0.6) is 5.88 Å². The molecule has 4 heteroatoms. The van der Waals surface area contributed by atoms with E-state index < -0.39 is 0 Å². The van der Waals surface area contributed by atoms with E-state index in [0.717, 1.165) is 25.1 Å². The van der Waals surface area contributed by atoms with Crippen LogP contribution in [0.2, 0.25) is 0 Å². The molecule has 4 nitrogen and oxygen atoms in total. The van der Waals surface area contributed by atoms with Gasteiger partial charge in [0.1, 0.15) is 0 Å². The van der Waals surface area contributed by atoms with E-state index in [1.807, 2.05) is 18.3 Å². The number of ether oxygens (including phenoxy) is 1. The standard InChI is InChI=1S/C12H20N2O2/c1-10(5-6-15)7-13-8-11-3-4-12(16-2)14-9-11/h3-4,9-10,13,15H,5-8H2,1-2H3. The highest BCUT2D eigenvalue weighted by Gasteiger charge is 2.00. The predicted molar refractivity (Wildman–Crippen MR) is 63.4 cm³/mol. The van der Waals surface area contributed by atoms with E-state index in [9.17, 15) is 0 Å². The quantitative estimate of drug-likeness (QED) is 0.730. The molecule has 1 unspecified atom stereocenters. The summed E-state index contributed by atoms with van der Waals surface area (Å²) in [6, 6.07) is 3.85. The van der Waals surface area contributed by atoms with Crippen LogP contribution in [0, 0.1) is 5.92 Å². The van der Waals surface area contributed by atoms with Crippen molar-refractivity contribution >= 4 is 0 Å². The monoisotopic (exact) mass is 224 g/mol. The first-order valence-electron chi connectivity index (χ1n) is 5.56. The Morgan fingerprint density at radius 3 is 2.88 bits per heavy atom.